The number of carbonyl (C=O) groups excluding carboxylic acids is 1. The predicted molar refractivity (Wildman–Crippen MR) is 77.4 cm³/mol. The van der Waals surface area contributed by atoms with Crippen LogP contribution < -0.4 is 0 Å². The first-order valence-electron chi connectivity index (χ1n) is 6.49. The van der Waals surface area contributed by atoms with E-state index in [2.05, 4.69) is 39.3 Å². The number of carbonyl (C=O) groups is 1. The first-order valence-corrected chi connectivity index (χ1v) is 7.57. The van der Waals surface area contributed by atoms with Crippen LogP contribution >= 0.6 is 22.6 Å². The summed E-state index contributed by atoms with van der Waals surface area (Å²) in [5.74, 6) is -0.105. The summed E-state index contributed by atoms with van der Waals surface area (Å²) >= 11 is 2.38. The molecule has 1 aliphatic carbocycles. The number of rotatable bonds is 4. The number of aryl methyl sites for hydroxylation is 1. The lowest BCUT2D eigenvalue weighted by molar-refractivity contribution is -0.145. The SMILES string of the molecule is CCCCn1nc2c(c1I)CCC(C(=O)OC)C2. The average Bonchev–Trinajstić information content (AvgIpc) is 2.71. The van der Waals surface area contributed by atoms with Crippen molar-refractivity contribution >= 4 is 28.6 Å². The third-order valence-corrected chi connectivity index (χ3v) is 4.71. The minimum atomic E-state index is -0.0984. The van der Waals surface area contributed by atoms with Crippen LogP contribution in [0.1, 0.15) is 37.4 Å². The maximum Gasteiger partial charge on any atom is 0.309 e. The predicted octanol–water partition coefficient (Wildman–Crippen LogP) is 2.57. The van der Waals surface area contributed by atoms with Crippen molar-refractivity contribution < 1.29 is 9.53 Å². The molecule has 100 valence electrons. The van der Waals surface area contributed by atoms with Crippen LogP contribution in [-0.2, 0) is 28.9 Å². The number of esters is 1. The van der Waals surface area contributed by atoms with E-state index in [1.54, 1.807) is 0 Å². The number of ether oxygens (including phenoxy) is 1. The molecule has 1 aromatic heterocycles. The first kappa shape index (κ1) is 13.8. The molecule has 2 rings (SSSR count). The van der Waals surface area contributed by atoms with E-state index >= 15 is 0 Å². The van der Waals surface area contributed by atoms with Crippen LogP contribution in [-0.4, -0.2) is 22.9 Å². The topological polar surface area (TPSA) is 44.1 Å². The van der Waals surface area contributed by atoms with Crippen LogP contribution in [0.15, 0.2) is 0 Å². The average molecular weight is 362 g/mol. The molecular weight excluding hydrogens is 343 g/mol. The van der Waals surface area contributed by atoms with Crippen LogP contribution in [0.4, 0.5) is 0 Å². The van der Waals surface area contributed by atoms with Crippen molar-refractivity contribution in [1.82, 2.24) is 9.78 Å². The number of hydrogen-bond donors (Lipinski definition) is 0. The van der Waals surface area contributed by atoms with Crippen molar-refractivity contribution in [1.29, 1.82) is 0 Å². The maximum atomic E-state index is 11.6. The number of hydrogen-bond acceptors (Lipinski definition) is 3. The smallest absolute Gasteiger partial charge is 0.309 e. The number of halogens is 1. The van der Waals surface area contributed by atoms with E-state index in [1.807, 2.05) is 0 Å². The minimum Gasteiger partial charge on any atom is -0.469 e. The lowest BCUT2D eigenvalue weighted by atomic mass is 9.88. The van der Waals surface area contributed by atoms with E-state index in [-0.39, 0.29) is 11.9 Å². The standard InChI is InChI=1S/C13H19IN2O2/c1-3-4-7-16-12(14)10-6-5-9(13(17)18-2)8-11(10)15-16/h9H,3-8H2,1-2H3. The Labute approximate surface area is 121 Å². The highest BCUT2D eigenvalue weighted by atomic mass is 127. The van der Waals surface area contributed by atoms with Gasteiger partial charge in [0.05, 0.1) is 18.7 Å². The van der Waals surface area contributed by atoms with Gasteiger partial charge in [0.15, 0.2) is 0 Å². The van der Waals surface area contributed by atoms with Gasteiger partial charge in [0, 0.05) is 18.5 Å². The van der Waals surface area contributed by atoms with Crippen LogP contribution in [0.5, 0.6) is 0 Å². The number of aromatic nitrogens is 2. The lowest BCUT2D eigenvalue weighted by Crippen LogP contribution is -2.23. The monoisotopic (exact) mass is 362 g/mol. The van der Waals surface area contributed by atoms with Gasteiger partial charge in [-0.2, -0.15) is 5.10 Å². The molecule has 1 atom stereocenters. The molecular formula is C13H19IN2O2. The fraction of sp³-hybridized carbons (Fsp3) is 0.692. The fourth-order valence-electron chi connectivity index (χ4n) is 2.41. The molecule has 0 fully saturated rings. The molecule has 4 nitrogen and oxygen atoms in total. The summed E-state index contributed by atoms with van der Waals surface area (Å²) in [7, 11) is 1.46. The Kier molecular flexibility index (Phi) is 4.64. The van der Waals surface area contributed by atoms with Crippen LogP contribution in [0.3, 0.4) is 0 Å². The molecule has 0 bridgehead atoms. The lowest BCUT2D eigenvalue weighted by Gasteiger charge is -2.18. The molecule has 0 N–H and O–H groups in total. The van der Waals surface area contributed by atoms with Gasteiger partial charge in [-0.3, -0.25) is 9.48 Å². The normalized spacial score (nSPS) is 18.5. The zero-order chi connectivity index (χ0) is 13.1. The van der Waals surface area contributed by atoms with Crippen molar-refractivity contribution in [3.63, 3.8) is 0 Å². The molecule has 0 aliphatic heterocycles. The van der Waals surface area contributed by atoms with E-state index in [9.17, 15) is 4.79 Å². The van der Waals surface area contributed by atoms with Gasteiger partial charge < -0.3 is 4.74 Å². The number of fused-ring (bicyclic) bond motifs is 1. The van der Waals surface area contributed by atoms with E-state index < -0.39 is 0 Å². The van der Waals surface area contributed by atoms with Gasteiger partial charge in [-0.25, -0.2) is 0 Å². The van der Waals surface area contributed by atoms with Gasteiger partial charge in [-0.05, 0) is 41.9 Å². The maximum absolute atomic E-state index is 11.6. The Morgan fingerprint density at radius 3 is 3.06 bits per heavy atom. The molecule has 0 saturated carbocycles. The van der Waals surface area contributed by atoms with E-state index in [0.29, 0.717) is 0 Å². The third kappa shape index (κ3) is 2.70. The number of nitrogens with zero attached hydrogens (tertiary/aromatic N) is 2. The number of unbranched alkanes of at least 4 members (excludes halogenated alkanes) is 1. The largest absolute Gasteiger partial charge is 0.469 e. The second-order valence-corrected chi connectivity index (χ2v) is 5.78. The van der Waals surface area contributed by atoms with Crippen molar-refractivity contribution in [2.75, 3.05) is 7.11 Å². The fourth-order valence-corrected chi connectivity index (χ4v) is 3.34. The number of methoxy groups -OCH3 is 1. The van der Waals surface area contributed by atoms with E-state index in [4.69, 9.17) is 4.74 Å². The molecule has 1 unspecified atom stereocenters. The van der Waals surface area contributed by atoms with Crippen molar-refractivity contribution in [2.45, 2.75) is 45.6 Å². The second kappa shape index (κ2) is 6.04. The summed E-state index contributed by atoms with van der Waals surface area (Å²) in [6, 6.07) is 0. The summed E-state index contributed by atoms with van der Waals surface area (Å²) in [4.78, 5) is 11.6. The second-order valence-electron chi connectivity index (χ2n) is 4.76. The van der Waals surface area contributed by atoms with Crippen LogP contribution in [0.2, 0.25) is 0 Å². The molecule has 18 heavy (non-hydrogen) atoms. The summed E-state index contributed by atoms with van der Waals surface area (Å²) in [5.41, 5.74) is 2.43. The van der Waals surface area contributed by atoms with Gasteiger partial charge in [0.25, 0.3) is 0 Å². The van der Waals surface area contributed by atoms with Gasteiger partial charge in [0.2, 0.25) is 0 Å². The molecule has 0 amide bonds. The quantitative estimate of drug-likeness (QED) is 0.611. The molecule has 0 spiro atoms. The molecule has 1 heterocycles. The summed E-state index contributed by atoms with van der Waals surface area (Å²) in [6.07, 6.45) is 4.88. The van der Waals surface area contributed by atoms with Crippen LogP contribution in [0.25, 0.3) is 0 Å². The zero-order valence-electron chi connectivity index (χ0n) is 10.9. The zero-order valence-corrected chi connectivity index (χ0v) is 13.1. The van der Waals surface area contributed by atoms with Crippen molar-refractivity contribution in [3.8, 4) is 0 Å². The van der Waals surface area contributed by atoms with Crippen LogP contribution in [0, 0.1) is 9.62 Å². The Morgan fingerprint density at radius 1 is 1.61 bits per heavy atom. The van der Waals surface area contributed by atoms with Gasteiger partial charge in [0.1, 0.15) is 3.70 Å². The molecule has 5 heteroatoms. The highest BCUT2D eigenvalue weighted by Crippen LogP contribution is 2.29. The van der Waals surface area contributed by atoms with Gasteiger partial charge in [-0.1, -0.05) is 13.3 Å². The van der Waals surface area contributed by atoms with Gasteiger partial charge >= 0.3 is 5.97 Å². The minimum absolute atomic E-state index is 0.00664. The van der Waals surface area contributed by atoms with E-state index in [1.165, 1.54) is 22.8 Å². The third-order valence-electron chi connectivity index (χ3n) is 3.51. The summed E-state index contributed by atoms with van der Waals surface area (Å²) < 4.78 is 8.17. The Bertz CT molecular complexity index is 442. The highest BCUT2D eigenvalue weighted by Gasteiger charge is 2.29. The molecule has 1 aliphatic rings. The Hall–Kier alpha value is -0.590. The summed E-state index contributed by atoms with van der Waals surface area (Å²) in [6.45, 7) is 3.16. The first-order chi connectivity index (χ1) is 8.67. The van der Waals surface area contributed by atoms with E-state index in [0.717, 1.165) is 37.9 Å². The highest BCUT2D eigenvalue weighted by molar-refractivity contribution is 14.1. The molecule has 0 aromatic carbocycles. The molecule has 0 saturated heterocycles. The van der Waals surface area contributed by atoms with Gasteiger partial charge in [-0.15, -0.1) is 0 Å². The summed E-state index contributed by atoms with van der Waals surface area (Å²) in [5, 5.41) is 4.66. The van der Waals surface area contributed by atoms with Crippen molar-refractivity contribution in [2.24, 2.45) is 5.92 Å². The van der Waals surface area contributed by atoms with Crippen molar-refractivity contribution in [3.05, 3.63) is 15.0 Å². The Balaban J connectivity index is 2.15. The molecule has 0 radical (unpaired) electrons. The Morgan fingerprint density at radius 2 is 2.39 bits per heavy atom. The molecule has 1 aromatic rings.